The van der Waals surface area contributed by atoms with Gasteiger partial charge in [0.05, 0.1) is 5.69 Å². The Morgan fingerprint density at radius 2 is 2.07 bits per heavy atom. The Kier molecular flexibility index (Phi) is 2.33. The van der Waals surface area contributed by atoms with Crippen LogP contribution in [0.25, 0.3) is 5.69 Å². The highest BCUT2D eigenvalue weighted by Crippen LogP contribution is 2.25. The van der Waals surface area contributed by atoms with Crippen LogP contribution in [-0.4, -0.2) is 9.78 Å². The molecular formula is C11H11N3S. The summed E-state index contributed by atoms with van der Waals surface area (Å²) < 4.78 is 1.83. The number of nitrogens with zero attached hydrogens (tertiary/aromatic N) is 3. The van der Waals surface area contributed by atoms with Crippen molar-refractivity contribution in [3.05, 3.63) is 33.3 Å². The van der Waals surface area contributed by atoms with Gasteiger partial charge in [0.15, 0.2) is 5.69 Å². The van der Waals surface area contributed by atoms with Gasteiger partial charge in [0.25, 0.3) is 0 Å². The largest absolute Gasteiger partial charge is 0.236 e. The summed E-state index contributed by atoms with van der Waals surface area (Å²) in [5.74, 6) is 0. The number of aryl methyl sites for hydroxylation is 3. The molecule has 0 aliphatic heterocycles. The van der Waals surface area contributed by atoms with Crippen LogP contribution in [0.4, 0.5) is 0 Å². The van der Waals surface area contributed by atoms with Gasteiger partial charge in [-0.25, -0.2) is 4.68 Å². The van der Waals surface area contributed by atoms with E-state index in [-0.39, 0.29) is 0 Å². The maximum Gasteiger partial charge on any atom is 0.163 e. The Morgan fingerprint density at radius 1 is 1.33 bits per heavy atom. The van der Waals surface area contributed by atoms with E-state index in [1.165, 1.54) is 9.75 Å². The Labute approximate surface area is 92.6 Å². The maximum absolute atomic E-state index is 8.77. The van der Waals surface area contributed by atoms with Crippen LogP contribution in [0.2, 0.25) is 0 Å². The Morgan fingerprint density at radius 3 is 2.53 bits per heavy atom. The number of hydrogen-bond acceptors (Lipinski definition) is 3. The zero-order chi connectivity index (χ0) is 11.0. The molecule has 15 heavy (non-hydrogen) atoms. The van der Waals surface area contributed by atoms with Crippen molar-refractivity contribution >= 4 is 11.3 Å². The number of rotatable bonds is 1. The molecule has 3 nitrogen and oxygen atoms in total. The Bertz CT molecular complexity index is 543. The van der Waals surface area contributed by atoms with Gasteiger partial charge in [0, 0.05) is 15.4 Å². The minimum Gasteiger partial charge on any atom is -0.236 e. The van der Waals surface area contributed by atoms with Crippen LogP contribution in [-0.2, 0) is 0 Å². The smallest absolute Gasteiger partial charge is 0.163 e. The van der Waals surface area contributed by atoms with Crippen molar-refractivity contribution in [3.8, 4) is 11.8 Å². The summed E-state index contributed by atoms with van der Waals surface area (Å²) in [5, 5.41) is 13.0. The molecule has 2 heterocycles. The topological polar surface area (TPSA) is 41.6 Å². The number of aromatic nitrogens is 2. The van der Waals surface area contributed by atoms with E-state index in [1.807, 2.05) is 11.6 Å². The van der Waals surface area contributed by atoms with Gasteiger partial charge in [0.2, 0.25) is 0 Å². The molecule has 0 radical (unpaired) electrons. The van der Waals surface area contributed by atoms with Gasteiger partial charge in [-0.3, -0.25) is 0 Å². The predicted molar refractivity (Wildman–Crippen MR) is 60.4 cm³/mol. The molecule has 2 rings (SSSR count). The lowest BCUT2D eigenvalue weighted by atomic mass is 10.3. The first-order chi connectivity index (χ1) is 7.11. The fourth-order valence-corrected chi connectivity index (χ4v) is 2.50. The van der Waals surface area contributed by atoms with Crippen LogP contribution in [0.3, 0.4) is 0 Å². The molecule has 0 aliphatic carbocycles. The molecular weight excluding hydrogens is 206 g/mol. The van der Waals surface area contributed by atoms with Gasteiger partial charge in [0.1, 0.15) is 6.07 Å². The van der Waals surface area contributed by atoms with E-state index >= 15 is 0 Å². The molecule has 0 saturated carbocycles. The second-order valence-electron chi connectivity index (χ2n) is 3.49. The molecule has 0 aromatic carbocycles. The third-order valence-electron chi connectivity index (χ3n) is 2.24. The van der Waals surface area contributed by atoms with E-state index < -0.39 is 0 Å². The van der Waals surface area contributed by atoms with E-state index in [2.05, 4.69) is 31.1 Å². The molecule has 4 heteroatoms. The molecule has 2 aromatic heterocycles. The number of hydrogen-bond donors (Lipinski definition) is 0. The van der Waals surface area contributed by atoms with Crippen molar-refractivity contribution in [2.24, 2.45) is 0 Å². The molecule has 0 unspecified atom stereocenters. The zero-order valence-electron chi connectivity index (χ0n) is 8.90. The van der Waals surface area contributed by atoms with Crippen molar-refractivity contribution in [2.45, 2.75) is 20.8 Å². The van der Waals surface area contributed by atoms with Gasteiger partial charge >= 0.3 is 0 Å². The third-order valence-corrected chi connectivity index (χ3v) is 3.20. The van der Waals surface area contributed by atoms with Crippen LogP contribution in [0.15, 0.2) is 12.1 Å². The highest BCUT2D eigenvalue weighted by molar-refractivity contribution is 7.12. The van der Waals surface area contributed by atoms with Crippen molar-refractivity contribution in [3.63, 3.8) is 0 Å². The predicted octanol–water partition coefficient (Wildman–Crippen LogP) is 2.73. The molecule has 0 fully saturated rings. The van der Waals surface area contributed by atoms with Crippen molar-refractivity contribution in [1.29, 1.82) is 5.26 Å². The molecule has 2 aromatic rings. The first-order valence-electron chi connectivity index (χ1n) is 4.66. The normalized spacial score (nSPS) is 10.3. The quantitative estimate of drug-likeness (QED) is 0.737. The van der Waals surface area contributed by atoms with Crippen LogP contribution in [0, 0.1) is 32.1 Å². The van der Waals surface area contributed by atoms with Crippen molar-refractivity contribution in [1.82, 2.24) is 9.78 Å². The summed E-state index contributed by atoms with van der Waals surface area (Å²) in [6.07, 6.45) is 0. The molecule has 0 atom stereocenters. The molecule has 0 saturated heterocycles. The van der Waals surface area contributed by atoms with Crippen LogP contribution < -0.4 is 0 Å². The standard InChI is InChI=1S/C11H11N3S/c1-7-4-10(6-12)13-14(7)11-5-8(2)15-9(11)3/h4-5H,1-3H3. The summed E-state index contributed by atoms with van der Waals surface area (Å²) in [5.41, 5.74) is 2.54. The van der Waals surface area contributed by atoms with E-state index in [4.69, 9.17) is 5.26 Å². The van der Waals surface area contributed by atoms with E-state index in [0.717, 1.165) is 11.4 Å². The van der Waals surface area contributed by atoms with Gasteiger partial charge < -0.3 is 0 Å². The zero-order valence-corrected chi connectivity index (χ0v) is 9.72. The van der Waals surface area contributed by atoms with Gasteiger partial charge in [-0.2, -0.15) is 10.4 Å². The SMILES string of the molecule is Cc1cc(-n2nc(C#N)cc2C)c(C)s1. The fourth-order valence-electron chi connectivity index (χ4n) is 1.60. The minimum absolute atomic E-state index is 0.468. The summed E-state index contributed by atoms with van der Waals surface area (Å²) >= 11 is 1.75. The van der Waals surface area contributed by atoms with Crippen LogP contribution >= 0.6 is 11.3 Å². The highest BCUT2D eigenvalue weighted by atomic mass is 32.1. The summed E-state index contributed by atoms with van der Waals surface area (Å²) in [6.45, 7) is 6.10. The lowest BCUT2D eigenvalue weighted by molar-refractivity contribution is 0.840. The second-order valence-corrected chi connectivity index (χ2v) is 4.95. The number of nitriles is 1. The van der Waals surface area contributed by atoms with Crippen molar-refractivity contribution in [2.75, 3.05) is 0 Å². The second kappa shape index (κ2) is 3.52. The molecule has 76 valence electrons. The summed E-state index contributed by atoms with van der Waals surface area (Å²) in [7, 11) is 0. The Balaban J connectivity index is 2.59. The first kappa shape index (κ1) is 9.94. The van der Waals surface area contributed by atoms with Gasteiger partial charge in [-0.1, -0.05) is 0 Å². The number of thiophene rings is 1. The fraction of sp³-hybridized carbons (Fsp3) is 0.273. The van der Waals surface area contributed by atoms with E-state index in [0.29, 0.717) is 5.69 Å². The van der Waals surface area contributed by atoms with Gasteiger partial charge in [-0.15, -0.1) is 11.3 Å². The lowest BCUT2D eigenvalue weighted by Gasteiger charge is -2.01. The lowest BCUT2D eigenvalue weighted by Crippen LogP contribution is -1.98. The third kappa shape index (κ3) is 1.66. The van der Waals surface area contributed by atoms with Crippen LogP contribution in [0.5, 0.6) is 0 Å². The summed E-state index contributed by atoms with van der Waals surface area (Å²) in [4.78, 5) is 2.49. The monoisotopic (exact) mass is 217 g/mol. The molecule has 0 amide bonds. The molecule has 0 N–H and O–H groups in total. The summed E-state index contributed by atoms with van der Waals surface area (Å²) in [6, 6.07) is 5.95. The minimum atomic E-state index is 0.468. The average molecular weight is 217 g/mol. The highest BCUT2D eigenvalue weighted by Gasteiger charge is 2.10. The van der Waals surface area contributed by atoms with Crippen molar-refractivity contribution < 1.29 is 0 Å². The molecule has 0 spiro atoms. The van der Waals surface area contributed by atoms with Gasteiger partial charge in [-0.05, 0) is 32.9 Å². The van der Waals surface area contributed by atoms with E-state index in [9.17, 15) is 0 Å². The average Bonchev–Trinajstić information content (AvgIpc) is 2.69. The Hall–Kier alpha value is -1.60. The first-order valence-corrected chi connectivity index (χ1v) is 5.47. The maximum atomic E-state index is 8.77. The van der Waals surface area contributed by atoms with E-state index in [1.54, 1.807) is 17.4 Å². The molecule has 0 aliphatic rings. The van der Waals surface area contributed by atoms with Crippen LogP contribution in [0.1, 0.15) is 21.1 Å². The molecule has 0 bridgehead atoms.